The van der Waals surface area contributed by atoms with Gasteiger partial charge in [-0.2, -0.15) is 5.26 Å². The summed E-state index contributed by atoms with van der Waals surface area (Å²) in [5.74, 6) is 0.0587. The fourth-order valence-electron chi connectivity index (χ4n) is 1.56. The van der Waals surface area contributed by atoms with Crippen LogP contribution in [-0.2, 0) is 0 Å². The van der Waals surface area contributed by atoms with Gasteiger partial charge in [0.05, 0.1) is 18.2 Å². The molecule has 3 N–H and O–H groups in total. The van der Waals surface area contributed by atoms with Crippen LogP contribution in [0.25, 0.3) is 0 Å². The summed E-state index contributed by atoms with van der Waals surface area (Å²) in [7, 11) is 1.47. The molecule has 0 fully saturated rings. The molecule has 19 heavy (non-hydrogen) atoms. The van der Waals surface area contributed by atoms with Crippen molar-refractivity contribution in [1.82, 2.24) is 0 Å². The Morgan fingerprint density at radius 3 is 2.95 bits per heavy atom. The van der Waals surface area contributed by atoms with E-state index in [4.69, 9.17) is 15.7 Å². The molecule has 5 nitrogen and oxygen atoms in total. The molecule has 0 aliphatic rings. The van der Waals surface area contributed by atoms with Crippen LogP contribution in [0.1, 0.15) is 15.9 Å². The van der Waals surface area contributed by atoms with Gasteiger partial charge < -0.3 is 15.8 Å². The van der Waals surface area contributed by atoms with E-state index < -0.39 is 0 Å². The summed E-state index contributed by atoms with van der Waals surface area (Å²) >= 11 is 1.29. The van der Waals surface area contributed by atoms with E-state index in [-0.39, 0.29) is 5.91 Å². The maximum Gasteiger partial charge on any atom is 0.260 e. The van der Waals surface area contributed by atoms with E-state index in [1.54, 1.807) is 29.6 Å². The van der Waals surface area contributed by atoms with Gasteiger partial charge in [-0.1, -0.05) is 0 Å². The van der Waals surface area contributed by atoms with Crippen LogP contribution in [0.2, 0.25) is 0 Å². The highest BCUT2D eigenvalue weighted by Crippen LogP contribution is 2.26. The number of hydrogen-bond donors (Lipinski definition) is 2. The number of nitrogens with zero attached hydrogens (tertiary/aromatic N) is 1. The molecule has 0 saturated heterocycles. The summed E-state index contributed by atoms with van der Waals surface area (Å²) in [6.45, 7) is 0. The number of benzene rings is 1. The number of carbonyl (C=O) groups excluding carboxylic acids is 1. The Hall–Kier alpha value is -2.52. The molecule has 1 amide bonds. The summed E-state index contributed by atoms with van der Waals surface area (Å²) in [5.41, 5.74) is 6.96. The highest BCUT2D eigenvalue weighted by molar-refractivity contribution is 7.14. The molecular formula is C13H11N3O2S. The average molecular weight is 273 g/mol. The van der Waals surface area contributed by atoms with Crippen molar-refractivity contribution in [2.24, 2.45) is 0 Å². The van der Waals surface area contributed by atoms with E-state index in [2.05, 4.69) is 5.32 Å². The second kappa shape index (κ2) is 5.42. The number of amides is 1. The summed E-state index contributed by atoms with van der Waals surface area (Å²) in [5, 5.41) is 13.8. The quantitative estimate of drug-likeness (QED) is 0.841. The molecular weight excluding hydrogens is 262 g/mol. The monoisotopic (exact) mass is 273 g/mol. The lowest BCUT2D eigenvalue weighted by molar-refractivity contribution is 0.102. The van der Waals surface area contributed by atoms with Crippen molar-refractivity contribution in [3.05, 3.63) is 40.8 Å². The van der Waals surface area contributed by atoms with Crippen molar-refractivity contribution in [1.29, 1.82) is 5.26 Å². The minimum absolute atomic E-state index is 0.337. The van der Waals surface area contributed by atoms with E-state index in [9.17, 15) is 4.79 Å². The number of thiophene rings is 1. The van der Waals surface area contributed by atoms with Gasteiger partial charge in [0.1, 0.15) is 16.8 Å². The van der Waals surface area contributed by atoms with Crippen molar-refractivity contribution >= 4 is 27.9 Å². The second-order valence-electron chi connectivity index (χ2n) is 3.69. The molecule has 0 spiro atoms. The van der Waals surface area contributed by atoms with Crippen LogP contribution in [0.5, 0.6) is 5.75 Å². The third-order valence-corrected chi connectivity index (χ3v) is 3.31. The molecule has 2 aromatic rings. The SMILES string of the molecule is COc1cc(N)ccc1C(=O)Nc1sccc1C#N. The van der Waals surface area contributed by atoms with Crippen molar-refractivity contribution < 1.29 is 9.53 Å². The Kier molecular flexibility index (Phi) is 3.68. The molecule has 1 heterocycles. The van der Waals surface area contributed by atoms with Crippen molar-refractivity contribution in [3.63, 3.8) is 0 Å². The molecule has 0 aliphatic heterocycles. The number of anilines is 2. The first-order valence-electron chi connectivity index (χ1n) is 5.38. The van der Waals surface area contributed by atoms with Crippen molar-refractivity contribution in [2.75, 3.05) is 18.2 Å². The van der Waals surface area contributed by atoms with Crippen LogP contribution < -0.4 is 15.8 Å². The van der Waals surface area contributed by atoms with Gasteiger partial charge in [0.25, 0.3) is 5.91 Å². The second-order valence-corrected chi connectivity index (χ2v) is 4.61. The van der Waals surface area contributed by atoms with Gasteiger partial charge in [-0.05, 0) is 23.6 Å². The Bertz CT molecular complexity index is 658. The summed E-state index contributed by atoms with van der Waals surface area (Å²) in [4.78, 5) is 12.1. The molecule has 0 bridgehead atoms. The van der Waals surface area contributed by atoms with Crippen LogP contribution in [0.4, 0.5) is 10.7 Å². The van der Waals surface area contributed by atoms with E-state index in [1.807, 2.05) is 6.07 Å². The number of nitrogens with one attached hydrogen (secondary N) is 1. The number of nitrogen functional groups attached to an aromatic ring is 1. The fourth-order valence-corrected chi connectivity index (χ4v) is 2.29. The molecule has 0 atom stereocenters. The number of nitriles is 1. The zero-order chi connectivity index (χ0) is 13.8. The number of methoxy groups -OCH3 is 1. The molecule has 0 radical (unpaired) electrons. The van der Waals surface area contributed by atoms with Gasteiger partial charge in [-0.3, -0.25) is 4.79 Å². The van der Waals surface area contributed by atoms with Crippen LogP contribution in [0, 0.1) is 11.3 Å². The van der Waals surface area contributed by atoms with Crippen LogP contribution in [0.3, 0.4) is 0 Å². The molecule has 0 saturated carbocycles. The molecule has 0 aliphatic carbocycles. The topological polar surface area (TPSA) is 88.1 Å². The lowest BCUT2D eigenvalue weighted by Crippen LogP contribution is -2.13. The highest BCUT2D eigenvalue weighted by atomic mass is 32.1. The van der Waals surface area contributed by atoms with Crippen molar-refractivity contribution in [3.8, 4) is 11.8 Å². The third kappa shape index (κ3) is 2.67. The maximum atomic E-state index is 12.1. The Labute approximate surface area is 114 Å². The van der Waals surface area contributed by atoms with Crippen LogP contribution in [-0.4, -0.2) is 13.0 Å². The minimum Gasteiger partial charge on any atom is -0.496 e. The largest absolute Gasteiger partial charge is 0.496 e. The highest BCUT2D eigenvalue weighted by Gasteiger charge is 2.14. The number of nitrogens with two attached hydrogens (primary N) is 1. The Balaban J connectivity index is 2.28. The van der Waals surface area contributed by atoms with Crippen LogP contribution >= 0.6 is 11.3 Å². The lowest BCUT2D eigenvalue weighted by atomic mass is 10.1. The van der Waals surface area contributed by atoms with Crippen LogP contribution in [0.15, 0.2) is 29.6 Å². The summed E-state index contributed by atoms with van der Waals surface area (Å²) < 4.78 is 5.12. The molecule has 1 aromatic heterocycles. The molecule has 96 valence electrons. The Morgan fingerprint density at radius 1 is 1.47 bits per heavy atom. The normalized spacial score (nSPS) is 9.68. The fraction of sp³-hybridized carbons (Fsp3) is 0.0769. The Morgan fingerprint density at radius 2 is 2.26 bits per heavy atom. The van der Waals surface area contributed by atoms with Gasteiger partial charge in [0.2, 0.25) is 0 Å². The van der Waals surface area contributed by atoms with Gasteiger partial charge in [-0.15, -0.1) is 11.3 Å². The third-order valence-electron chi connectivity index (χ3n) is 2.48. The first-order chi connectivity index (χ1) is 9.15. The van der Waals surface area contributed by atoms with Gasteiger partial charge in [-0.25, -0.2) is 0 Å². The first-order valence-corrected chi connectivity index (χ1v) is 6.26. The zero-order valence-electron chi connectivity index (χ0n) is 10.1. The predicted octanol–water partition coefficient (Wildman–Crippen LogP) is 2.46. The summed E-state index contributed by atoms with van der Waals surface area (Å²) in [6.07, 6.45) is 0. The molecule has 0 unspecified atom stereocenters. The van der Waals surface area contributed by atoms with Gasteiger partial charge >= 0.3 is 0 Å². The first kappa shape index (κ1) is 12.9. The van der Waals surface area contributed by atoms with Gasteiger partial charge in [0, 0.05) is 11.8 Å². The van der Waals surface area contributed by atoms with Crippen molar-refractivity contribution in [2.45, 2.75) is 0 Å². The predicted molar refractivity (Wildman–Crippen MR) is 74.4 cm³/mol. The van der Waals surface area contributed by atoms with E-state index in [0.29, 0.717) is 27.6 Å². The van der Waals surface area contributed by atoms with E-state index in [0.717, 1.165) is 0 Å². The zero-order valence-corrected chi connectivity index (χ0v) is 11.0. The number of rotatable bonds is 3. The number of ether oxygens (including phenoxy) is 1. The average Bonchev–Trinajstić information content (AvgIpc) is 2.85. The summed E-state index contributed by atoms with van der Waals surface area (Å²) in [6, 6.07) is 8.45. The number of hydrogen-bond acceptors (Lipinski definition) is 5. The molecule has 6 heteroatoms. The maximum absolute atomic E-state index is 12.1. The smallest absolute Gasteiger partial charge is 0.260 e. The molecule has 2 rings (SSSR count). The lowest BCUT2D eigenvalue weighted by Gasteiger charge is -2.09. The number of carbonyl (C=O) groups is 1. The van der Waals surface area contributed by atoms with E-state index in [1.165, 1.54) is 18.4 Å². The minimum atomic E-state index is -0.337. The standard InChI is InChI=1S/C13H11N3O2S/c1-18-11-6-9(15)2-3-10(11)12(17)16-13-8(7-14)4-5-19-13/h2-6H,15H2,1H3,(H,16,17). The molecule has 1 aromatic carbocycles. The van der Waals surface area contributed by atoms with E-state index >= 15 is 0 Å². The van der Waals surface area contributed by atoms with Gasteiger partial charge in [0.15, 0.2) is 0 Å².